The highest BCUT2D eigenvalue weighted by Crippen LogP contribution is 2.49. The van der Waals surface area contributed by atoms with Gasteiger partial charge in [0.1, 0.15) is 7.85 Å². The minimum Gasteiger partial charge on any atom is -0.381 e. The topological polar surface area (TPSA) is 27.7 Å². The molecule has 6 atom stereocenters. The molecule has 19 heavy (non-hydrogen) atoms. The fourth-order valence-corrected chi connectivity index (χ4v) is 4.72. The molecule has 1 heterocycles. The third-order valence-electron chi connectivity index (χ3n) is 5.96. The van der Waals surface area contributed by atoms with Crippen LogP contribution in [0.25, 0.3) is 0 Å². The summed E-state index contributed by atoms with van der Waals surface area (Å²) in [6, 6.07) is 0. The lowest BCUT2D eigenvalue weighted by Crippen LogP contribution is -2.51. The van der Waals surface area contributed by atoms with Crippen molar-refractivity contribution in [2.75, 3.05) is 14.2 Å². The van der Waals surface area contributed by atoms with Crippen molar-refractivity contribution in [2.45, 2.75) is 68.8 Å². The fourth-order valence-electron chi connectivity index (χ4n) is 4.72. The van der Waals surface area contributed by atoms with Crippen LogP contribution in [0.15, 0.2) is 0 Å². The van der Waals surface area contributed by atoms with Crippen LogP contribution in [-0.2, 0) is 14.2 Å². The summed E-state index contributed by atoms with van der Waals surface area (Å²) in [6.07, 6.45) is 8.82. The van der Waals surface area contributed by atoms with E-state index in [1.165, 1.54) is 25.7 Å². The first-order chi connectivity index (χ1) is 9.22. The van der Waals surface area contributed by atoms with Crippen molar-refractivity contribution in [3.63, 3.8) is 0 Å². The van der Waals surface area contributed by atoms with E-state index in [0.717, 1.165) is 30.5 Å². The van der Waals surface area contributed by atoms with E-state index < -0.39 is 0 Å². The van der Waals surface area contributed by atoms with Crippen LogP contribution in [-0.4, -0.2) is 46.5 Å². The Labute approximate surface area is 117 Å². The molecular formula is C15H27BO3. The maximum atomic E-state index is 6.47. The molecule has 0 radical (unpaired) electrons. The van der Waals surface area contributed by atoms with E-state index in [1.807, 2.05) is 14.2 Å². The van der Waals surface area contributed by atoms with Crippen LogP contribution in [0, 0.1) is 11.8 Å². The molecule has 0 aromatic carbocycles. The van der Waals surface area contributed by atoms with E-state index >= 15 is 0 Å². The number of hydrogen-bond donors (Lipinski definition) is 0. The second kappa shape index (κ2) is 5.75. The second-order valence-corrected chi connectivity index (χ2v) is 6.74. The van der Waals surface area contributed by atoms with Gasteiger partial charge < -0.3 is 14.2 Å². The van der Waals surface area contributed by atoms with E-state index in [0.29, 0.717) is 24.4 Å². The standard InChI is InChI=1S/C15H27BO3/c1-17-9-3-5-11-13(7-9)19-14-8-10(18-2)4-6-12(14)15(11)16/h9-15H,3-8,16H2,1-2H3. The van der Waals surface area contributed by atoms with Crippen molar-refractivity contribution in [3.05, 3.63) is 0 Å². The predicted octanol–water partition coefficient (Wildman–Crippen LogP) is 1.81. The average Bonchev–Trinajstić information content (AvgIpc) is 2.46. The summed E-state index contributed by atoms with van der Waals surface area (Å²) in [4.78, 5) is 0. The summed E-state index contributed by atoms with van der Waals surface area (Å²) in [5.41, 5.74) is 0. The second-order valence-electron chi connectivity index (χ2n) is 6.74. The molecule has 1 aliphatic heterocycles. The molecule has 2 aliphatic carbocycles. The van der Waals surface area contributed by atoms with Gasteiger partial charge in [0.25, 0.3) is 0 Å². The van der Waals surface area contributed by atoms with Crippen LogP contribution in [0.1, 0.15) is 38.5 Å². The van der Waals surface area contributed by atoms with Gasteiger partial charge in [-0.05, 0) is 37.5 Å². The molecule has 0 aromatic heterocycles. The largest absolute Gasteiger partial charge is 0.381 e. The summed E-state index contributed by atoms with van der Waals surface area (Å²) in [7, 11) is 6.13. The molecule has 6 unspecified atom stereocenters. The highest BCUT2D eigenvalue weighted by molar-refractivity contribution is 6.12. The van der Waals surface area contributed by atoms with Gasteiger partial charge in [-0.3, -0.25) is 0 Å². The van der Waals surface area contributed by atoms with Crippen molar-refractivity contribution < 1.29 is 14.2 Å². The van der Waals surface area contributed by atoms with Crippen molar-refractivity contribution in [1.29, 1.82) is 0 Å². The lowest BCUT2D eigenvalue weighted by Gasteiger charge is -2.52. The maximum absolute atomic E-state index is 6.47. The van der Waals surface area contributed by atoms with Crippen LogP contribution >= 0.6 is 0 Å². The van der Waals surface area contributed by atoms with Crippen LogP contribution in [0.4, 0.5) is 0 Å². The Bertz CT molecular complexity index is 284. The van der Waals surface area contributed by atoms with E-state index in [9.17, 15) is 0 Å². The van der Waals surface area contributed by atoms with Gasteiger partial charge >= 0.3 is 0 Å². The Morgan fingerprint density at radius 2 is 1.32 bits per heavy atom. The first-order valence-corrected chi connectivity index (χ1v) is 7.94. The third kappa shape index (κ3) is 2.59. The smallest absolute Gasteiger partial charge is 0.106 e. The third-order valence-corrected chi connectivity index (χ3v) is 5.96. The molecule has 0 amide bonds. The van der Waals surface area contributed by atoms with E-state index in [2.05, 4.69) is 7.85 Å². The molecule has 3 nitrogen and oxygen atoms in total. The Balaban J connectivity index is 1.69. The molecule has 3 rings (SSSR count). The van der Waals surface area contributed by atoms with Crippen LogP contribution in [0.3, 0.4) is 0 Å². The van der Waals surface area contributed by atoms with E-state index in [1.54, 1.807) is 0 Å². The Morgan fingerprint density at radius 1 is 0.842 bits per heavy atom. The van der Waals surface area contributed by atoms with Gasteiger partial charge in [0.15, 0.2) is 0 Å². The lowest BCUT2D eigenvalue weighted by atomic mass is 9.57. The Kier molecular flexibility index (Phi) is 4.21. The van der Waals surface area contributed by atoms with Crippen LogP contribution in [0.5, 0.6) is 0 Å². The summed E-state index contributed by atoms with van der Waals surface area (Å²) < 4.78 is 17.6. The first kappa shape index (κ1) is 13.9. The molecule has 2 saturated carbocycles. The van der Waals surface area contributed by atoms with Gasteiger partial charge in [-0.2, -0.15) is 0 Å². The number of rotatable bonds is 2. The van der Waals surface area contributed by atoms with E-state index in [4.69, 9.17) is 14.2 Å². The zero-order valence-corrected chi connectivity index (χ0v) is 12.5. The zero-order valence-electron chi connectivity index (χ0n) is 12.5. The highest BCUT2D eigenvalue weighted by atomic mass is 16.5. The number of fused-ring (bicyclic) bond motifs is 2. The van der Waals surface area contributed by atoms with Gasteiger partial charge in [-0.1, -0.05) is 5.82 Å². The Morgan fingerprint density at radius 3 is 1.74 bits per heavy atom. The van der Waals surface area contributed by atoms with Crippen molar-refractivity contribution in [1.82, 2.24) is 0 Å². The lowest BCUT2D eigenvalue weighted by molar-refractivity contribution is -0.171. The molecule has 108 valence electrons. The molecule has 4 heteroatoms. The predicted molar refractivity (Wildman–Crippen MR) is 77.2 cm³/mol. The Hall–Kier alpha value is -0.0551. The quantitative estimate of drug-likeness (QED) is 0.713. The van der Waals surface area contributed by atoms with Gasteiger partial charge in [0.2, 0.25) is 0 Å². The van der Waals surface area contributed by atoms with Crippen molar-refractivity contribution in [2.24, 2.45) is 11.8 Å². The summed E-state index contributed by atoms with van der Waals surface area (Å²) in [5, 5.41) is 0. The fraction of sp³-hybridized carbons (Fsp3) is 1.00. The SMILES string of the molecule is BC1C2CCC(OC)CC2OC2CC(OC)CCC21. The maximum Gasteiger partial charge on any atom is 0.106 e. The minimum atomic E-state index is 0.409. The molecule has 0 bridgehead atoms. The van der Waals surface area contributed by atoms with Crippen molar-refractivity contribution in [3.8, 4) is 0 Å². The number of ether oxygens (including phenoxy) is 3. The molecule has 3 fully saturated rings. The number of methoxy groups -OCH3 is 2. The molecule has 0 N–H and O–H groups in total. The summed E-state index contributed by atoms with van der Waals surface area (Å²) in [6.45, 7) is 0. The van der Waals surface area contributed by atoms with Gasteiger partial charge in [-0.25, -0.2) is 0 Å². The monoisotopic (exact) mass is 266 g/mol. The van der Waals surface area contributed by atoms with E-state index in [-0.39, 0.29) is 0 Å². The molecular weight excluding hydrogens is 239 g/mol. The summed E-state index contributed by atoms with van der Waals surface area (Å²) in [5.74, 6) is 2.32. The normalized spacial score (nSPS) is 50.3. The van der Waals surface area contributed by atoms with Gasteiger partial charge in [-0.15, -0.1) is 0 Å². The molecule has 1 saturated heterocycles. The number of hydrogen-bond acceptors (Lipinski definition) is 3. The first-order valence-electron chi connectivity index (χ1n) is 7.94. The highest BCUT2D eigenvalue weighted by Gasteiger charge is 2.47. The zero-order chi connectivity index (χ0) is 13.4. The minimum absolute atomic E-state index is 0.409. The van der Waals surface area contributed by atoms with Crippen molar-refractivity contribution >= 4 is 7.85 Å². The van der Waals surface area contributed by atoms with Crippen LogP contribution < -0.4 is 0 Å². The molecule has 3 aliphatic rings. The summed E-state index contributed by atoms with van der Waals surface area (Å²) >= 11 is 0. The van der Waals surface area contributed by atoms with Crippen LogP contribution in [0.2, 0.25) is 5.82 Å². The van der Waals surface area contributed by atoms with Gasteiger partial charge in [0.05, 0.1) is 24.4 Å². The molecule has 0 spiro atoms. The van der Waals surface area contributed by atoms with Gasteiger partial charge in [0, 0.05) is 27.1 Å². The molecule has 0 aromatic rings. The average molecular weight is 266 g/mol.